The Morgan fingerprint density at radius 1 is 1.36 bits per heavy atom. The van der Waals surface area contributed by atoms with Gasteiger partial charge in [-0.25, -0.2) is 8.78 Å². The van der Waals surface area contributed by atoms with Gasteiger partial charge >= 0.3 is 0 Å². The number of benzene rings is 1. The molecule has 0 spiro atoms. The molecule has 1 aromatic carbocycles. The summed E-state index contributed by atoms with van der Waals surface area (Å²) >= 11 is 3.18. The topological polar surface area (TPSA) is 23.8 Å². The molecular formula is C10H8BrF2N. The molecule has 1 nitrogen and oxygen atoms in total. The predicted molar refractivity (Wildman–Crippen MR) is 53.0 cm³/mol. The summed E-state index contributed by atoms with van der Waals surface area (Å²) in [5, 5.41) is 9.19. The van der Waals surface area contributed by atoms with Crippen LogP contribution in [-0.2, 0) is 6.42 Å². The molecule has 0 aliphatic rings. The molecule has 0 aliphatic heterocycles. The summed E-state index contributed by atoms with van der Waals surface area (Å²) in [6.07, 6.45) is 0.430. The van der Waals surface area contributed by atoms with Gasteiger partial charge in [-0.1, -0.05) is 22.0 Å². The number of nitriles is 1. The molecule has 0 aliphatic carbocycles. The Bertz CT molecular complexity index is 360. The van der Waals surface area contributed by atoms with Gasteiger partial charge < -0.3 is 0 Å². The van der Waals surface area contributed by atoms with Gasteiger partial charge in [0.1, 0.15) is 0 Å². The molecule has 0 saturated heterocycles. The number of halogens is 3. The Kier molecular flexibility index (Phi) is 4.02. The monoisotopic (exact) mass is 259 g/mol. The summed E-state index contributed by atoms with van der Waals surface area (Å²) in [4.78, 5) is 0. The first-order chi connectivity index (χ1) is 6.67. The van der Waals surface area contributed by atoms with E-state index in [9.17, 15) is 8.78 Å². The second-order valence-electron chi connectivity index (χ2n) is 2.93. The van der Waals surface area contributed by atoms with Crippen molar-refractivity contribution in [1.82, 2.24) is 0 Å². The van der Waals surface area contributed by atoms with Crippen LogP contribution in [0.15, 0.2) is 18.2 Å². The molecular weight excluding hydrogens is 252 g/mol. The Labute approximate surface area is 89.5 Å². The van der Waals surface area contributed by atoms with Gasteiger partial charge in [0.05, 0.1) is 12.0 Å². The van der Waals surface area contributed by atoms with Crippen LogP contribution in [0.3, 0.4) is 0 Å². The average Bonchev–Trinajstić information content (AvgIpc) is 2.19. The zero-order chi connectivity index (χ0) is 10.6. The van der Waals surface area contributed by atoms with Crippen LogP contribution in [0.4, 0.5) is 8.78 Å². The Balaban J connectivity index is 2.78. The Morgan fingerprint density at radius 3 is 2.57 bits per heavy atom. The molecule has 1 aromatic rings. The molecule has 74 valence electrons. The van der Waals surface area contributed by atoms with Crippen molar-refractivity contribution in [3.8, 4) is 6.07 Å². The summed E-state index contributed by atoms with van der Waals surface area (Å²) in [5.41, 5.74) is 0.634. The smallest absolute Gasteiger partial charge is 0.159 e. The predicted octanol–water partition coefficient (Wildman–Crippen LogP) is 3.04. The van der Waals surface area contributed by atoms with Crippen LogP contribution in [-0.4, -0.2) is 5.33 Å². The minimum Gasteiger partial charge on any atom is -0.204 e. The lowest BCUT2D eigenvalue weighted by atomic mass is 10.0. The van der Waals surface area contributed by atoms with Gasteiger partial charge in [0, 0.05) is 5.33 Å². The van der Waals surface area contributed by atoms with Crippen LogP contribution in [0.2, 0.25) is 0 Å². The van der Waals surface area contributed by atoms with Crippen molar-refractivity contribution in [3.63, 3.8) is 0 Å². The Hall–Kier alpha value is -0.950. The third-order valence-corrected chi connectivity index (χ3v) is 2.62. The van der Waals surface area contributed by atoms with Gasteiger partial charge in [0.25, 0.3) is 0 Å². The first-order valence-electron chi connectivity index (χ1n) is 4.07. The second kappa shape index (κ2) is 5.06. The van der Waals surface area contributed by atoms with Gasteiger partial charge in [0.2, 0.25) is 0 Å². The molecule has 0 bridgehead atoms. The van der Waals surface area contributed by atoms with Gasteiger partial charge in [-0.3, -0.25) is 0 Å². The fraction of sp³-hybridized carbons (Fsp3) is 0.300. The zero-order valence-electron chi connectivity index (χ0n) is 7.30. The third-order valence-electron chi connectivity index (χ3n) is 1.83. The number of rotatable bonds is 3. The van der Waals surface area contributed by atoms with Crippen LogP contribution in [0, 0.1) is 28.9 Å². The number of nitrogens with zero attached hydrogens (tertiary/aromatic N) is 1. The maximum absolute atomic E-state index is 12.8. The summed E-state index contributed by atoms with van der Waals surface area (Å²) in [6.45, 7) is 0. The van der Waals surface area contributed by atoms with E-state index < -0.39 is 11.6 Å². The van der Waals surface area contributed by atoms with E-state index in [0.717, 1.165) is 12.1 Å². The van der Waals surface area contributed by atoms with Gasteiger partial charge in [-0.15, -0.1) is 0 Å². The van der Waals surface area contributed by atoms with Gasteiger partial charge in [0.15, 0.2) is 11.6 Å². The highest BCUT2D eigenvalue weighted by atomic mass is 79.9. The minimum atomic E-state index is -0.867. The van der Waals surface area contributed by atoms with Crippen LogP contribution in [0.25, 0.3) is 0 Å². The SMILES string of the molecule is N#CC(CBr)Cc1ccc(F)c(F)c1. The fourth-order valence-corrected chi connectivity index (χ4v) is 1.46. The molecule has 1 atom stereocenters. The van der Waals surface area contributed by atoms with Crippen molar-refractivity contribution < 1.29 is 8.78 Å². The summed E-state index contributed by atoms with van der Waals surface area (Å²) in [7, 11) is 0. The highest BCUT2D eigenvalue weighted by molar-refractivity contribution is 9.09. The highest BCUT2D eigenvalue weighted by Gasteiger charge is 2.08. The molecule has 0 saturated carbocycles. The van der Waals surface area contributed by atoms with Crippen molar-refractivity contribution in [1.29, 1.82) is 5.26 Å². The Morgan fingerprint density at radius 2 is 2.07 bits per heavy atom. The van der Waals surface area contributed by atoms with Crippen molar-refractivity contribution in [3.05, 3.63) is 35.4 Å². The highest BCUT2D eigenvalue weighted by Crippen LogP contribution is 2.14. The van der Waals surface area contributed by atoms with Crippen LogP contribution >= 0.6 is 15.9 Å². The average molecular weight is 260 g/mol. The van der Waals surface area contributed by atoms with E-state index in [1.807, 2.05) is 0 Å². The lowest BCUT2D eigenvalue weighted by Crippen LogP contribution is -2.03. The lowest BCUT2D eigenvalue weighted by molar-refractivity contribution is 0.506. The van der Waals surface area contributed by atoms with E-state index >= 15 is 0 Å². The molecule has 0 fully saturated rings. The summed E-state index contributed by atoms with van der Waals surface area (Å²) in [6, 6.07) is 5.77. The summed E-state index contributed by atoms with van der Waals surface area (Å²) < 4.78 is 25.3. The molecule has 4 heteroatoms. The standard InChI is InChI=1S/C10H8BrF2N/c11-5-8(6-14)3-7-1-2-9(12)10(13)4-7/h1-2,4,8H,3,5H2. The lowest BCUT2D eigenvalue weighted by Gasteiger charge is -2.05. The van der Waals surface area contributed by atoms with E-state index in [-0.39, 0.29) is 5.92 Å². The number of hydrogen-bond acceptors (Lipinski definition) is 1. The van der Waals surface area contributed by atoms with Crippen LogP contribution in [0.1, 0.15) is 5.56 Å². The fourth-order valence-electron chi connectivity index (χ4n) is 1.09. The first kappa shape index (κ1) is 11.1. The molecule has 0 heterocycles. The molecule has 0 radical (unpaired) electrons. The third kappa shape index (κ3) is 2.78. The van der Waals surface area contributed by atoms with Gasteiger partial charge in [-0.05, 0) is 24.1 Å². The quantitative estimate of drug-likeness (QED) is 0.766. The normalized spacial score (nSPS) is 12.1. The molecule has 0 aromatic heterocycles. The maximum atomic E-state index is 12.8. The summed E-state index contributed by atoms with van der Waals surface area (Å²) in [5.74, 6) is -1.94. The van der Waals surface area contributed by atoms with Crippen molar-refractivity contribution in [2.75, 3.05) is 5.33 Å². The maximum Gasteiger partial charge on any atom is 0.159 e. The van der Waals surface area contributed by atoms with E-state index in [1.165, 1.54) is 6.07 Å². The van der Waals surface area contributed by atoms with E-state index in [1.54, 1.807) is 0 Å². The van der Waals surface area contributed by atoms with Crippen LogP contribution < -0.4 is 0 Å². The van der Waals surface area contributed by atoms with E-state index in [4.69, 9.17) is 5.26 Å². The molecule has 1 unspecified atom stereocenters. The van der Waals surface area contributed by atoms with E-state index in [2.05, 4.69) is 22.0 Å². The first-order valence-corrected chi connectivity index (χ1v) is 5.19. The number of alkyl halides is 1. The minimum absolute atomic E-state index is 0.208. The molecule has 14 heavy (non-hydrogen) atoms. The number of hydrogen-bond donors (Lipinski definition) is 0. The largest absolute Gasteiger partial charge is 0.204 e. The van der Waals surface area contributed by atoms with E-state index in [0.29, 0.717) is 17.3 Å². The van der Waals surface area contributed by atoms with Gasteiger partial charge in [-0.2, -0.15) is 5.26 Å². The van der Waals surface area contributed by atoms with Crippen molar-refractivity contribution in [2.24, 2.45) is 5.92 Å². The zero-order valence-corrected chi connectivity index (χ0v) is 8.89. The van der Waals surface area contributed by atoms with Crippen molar-refractivity contribution >= 4 is 15.9 Å². The molecule has 0 N–H and O–H groups in total. The second-order valence-corrected chi connectivity index (χ2v) is 3.58. The van der Waals surface area contributed by atoms with Crippen molar-refractivity contribution in [2.45, 2.75) is 6.42 Å². The van der Waals surface area contributed by atoms with Crippen LogP contribution in [0.5, 0.6) is 0 Å². The molecule has 0 amide bonds. The molecule has 1 rings (SSSR count).